The smallest absolute Gasteiger partial charge is 0.329 e. The molecule has 1 amide bonds. The molecule has 17 heavy (non-hydrogen) atoms. The van der Waals surface area contributed by atoms with Gasteiger partial charge in [0, 0.05) is 0 Å². The van der Waals surface area contributed by atoms with Gasteiger partial charge in [-0.2, -0.15) is 0 Å². The molecule has 0 bridgehead atoms. The van der Waals surface area contributed by atoms with Gasteiger partial charge in [0.1, 0.15) is 11.3 Å². The minimum Gasteiger partial charge on any atom is -0.480 e. The van der Waals surface area contributed by atoms with Crippen LogP contribution in [0.1, 0.15) is 35.9 Å². The topological polar surface area (TPSA) is 79.5 Å². The Morgan fingerprint density at radius 2 is 2.18 bits per heavy atom. The third-order valence-electron chi connectivity index (χ3n) is 3.31. The van der Waals surface area contributed by atoms with Crippen LogP contribution in [0.2, 0.25) is 0 Å². The van der Waals surface area contributed by atoms with Crippen molar-refractivity contribution in [2.45, 2.75) is 32.2 Å². The van der Waals surface area contributed by atoms with Gasteiger partial charge in [-0.1, -0.05) is 0 Å². The van der Waals surface area contributed by atoms with Crippen molar-refractivity contribution >= 4 is 11.9 Å². The Bertz CT molecular complexity index is 461. The van der Waals surface area contributed by atoms with Gasteiger partial charge in [-0.15, -0.1) is 0 Å². The summed E-state index contributed by atoms with van der Waals surface area (Å²) in [6, 6.07) is 1.54. The van der Waals surface area contributed by atoms with Gasteiger partial charge in [0.25, 0.3) is 5.91 Å². The largest absolute Gasteiger partial charge is 0.480 e. The van der Waals surface area contributed by atoms with Gasteiger partial charge in [0.05, 0.1) is 11.8 Å². The Morgan fingerprint density at radius 1 is 1.53 bits per heavy atom. The fraction of sp³-hybridized carbons (Fsp3) is 0.500. The Kier molecular flexibility index (Phi) is 2.69. The Labute approximate surface area is 98.8 Å². The van der Waals surface area contributed by atoms with E-state index >= 15 is 0 Å². The number of aryl methyl sites for hydroxylation is 1. The van der Waals surface area contributed by atoms with Gasteiger partial charge in [-0.05, 0) is 38.7 Å². The number of furan rings is 1. The van der Waals surface area contributed by atoms with E-state index in [-0.39, 0.29) is 5.92 Å². The van der Waals surface area contributed by atoms with Gasteiger partial charge in [-0.3, -0.25) is 4.79 Å². The van der Waals surface area contributed by atoms with Crippen LogP contribution in [0.15, 0.2) is 16.7 Å². The molecule has 1 fully saturated rings. The molecule has 0 aliphatic heterocycles. The van der Waals surface area contributed by atoms with Crippen LogP contribution in [0.3, 0.4) is 0 Å². The molecule has 5 heteroatoms. The second-order valence-corrected chi connectivity index (χ2v) is 4.63. The lowest BCUT2D eigenvalue weighted by Crippen LogP contribution is -2.54. The van der Waals surface area contributed by atoms with E-state index in [4.69, 9.17) is 4.42 Å². The number of hydrogen-bond donors (Lipinski definition) is 2. The predicted molar refractivity (Wildman–Crippen MR) is 59.7 cm³/mol. The van der Waals surface area contributed by atoms with Crippen LogP contribution in [-0.4, -0.2) is 22.5 Å². The number of rotatable bonds is 4. The SMILES string of the molecule is Cc1occc1C(=O)NC(C)(C(=O)O)C1CC1. The second kappa shape index (κ2) is 3.91. The Balaban J connectivity index is 2.17. The van der Waals surface area contributed by atoms with Gasteiger partial charge >= 0.3 is 5.97 Å². The number of carboxylic acid groups (broad SMARTS) is 1. The van der Waals surface area contributed by atoms with Gasteiger partial charge in [-0.25, -0.2) is 4.79 Å². The van der Waals surface area contributed by atoms with Crippen LogP contribution in [0, 0.1) is 12.8 Å². The zero-order valence-corrected chi connectivity index (χ0v) is 9.82. The molecule has 2 N–H and O–H groups in total. The molecular weight excluding hydrogens is 222 g/mol. The van der Waals surface area contributed by atoms with Gasteiger partial charge in [0.15, 0.2) is 0 Å². The average molecular weight is 237 g/mol. The Morgan fingerprint density at radius 3 is 2.59 bits per heavy atom. The van der Waals surface area contributed by atoms with Crippen molar-refractivity contribution in [3.63, 3.8) is 0 Å². The first-order chi connectivity index (χ1) is 7.95. The molecule has 2 rings (SSSR count). The fourth-order valence-corrected chi connectivity index (χ4v) is 1.91. The van der Waals surface area contributed by atoms with E-state index in [9.17, 15) is 14.7 Å². The zero-order chi connectivity index (χ0) is 12.6. The van der Waals surface area contributed by atoms with E-state index in [1.165, 1.54) is 6.26 Å². The summed E-state index contributed by atoms with van der Waals surface area (Å²) in [6.45, 7) is 3.23. The molecule has 92 valence electrons. The van der Waals surface area contributed by atoms with E-state index in [1.54, 1.807) is 19.9 Å². The number of carbonyl (C=O) groups is 2. The highest BCUT2D eigenvalue weighted by Gasteiger charge is 2.48. The molecule has 0 radical (unpaired) electrons. The van der Waals surface area contributed by atoms with Crippen LogP contribution in [0.25, 0.3) is 0 Å². The minimum atomic E-state index is -1.18. The summed E-state index contributed by atoms with van der Waals surface area (Å²) in [5.41, 5.74) is -0.793. The first kappa shape index (κ1) is 11.7. The highest BCUT2D eigenvalue weighted by molar-refractivity contribution is 5.98. The molecular formula is C12H15NO4. The molecule has 1 aromatic rings. The minimum absolute atomic E-state index is 0.0242. The lowest BCUT2D eigenvalue weighted by atomic mass is 9.95. The average Bonchev–Trinajstić information content (AvgIpc) is 3.01. The molecule has 1 aliphatic carbocycles. The van der Waals surface area contributed by atoms with Crippen molar-refractivity contribution in [1.29, 1.82) is 0 Å². The van der Waals surface area contributed by atoms with Crippen LogP contribution < -0.4 is 5.32 Å². The normalized spacial score (nSPS) is 18.5. The summed E-state index contributed by atoms with van der Waals surface area (Å²) in [4.78, 5) is 23.2. The summed E-state index contributed by atoms with van der Waals surface area (Å²) in [5.74, 6) is -0.871. The van der Waals surface area contributed by atoms with Gasteiger partial charge in [0.2, 0.25) is 0 Å². The molecule has 1 heterocycles. The molecule has 1 aromatic heterocycles. The first-order valence-electron chi connectivity index (χ1n) is 5.55. The summed E-state index contributed by atoms with van der Waals surface area (Å²) < 4.78 is 5.03. The van der Waals surface area contributed by atoms with Crippen LogP contribution in [-0.2, 0) is 4.79 Å². The quantitative estimate of drug-likeness (QED) is 0.833. The Hall–Kier alpha value is -1.78. The maximum Gasteiger partial charge on any atom is 0.329 e. The monoisotopic (exact) mass is 237 g/mol. The summed E-state index contributed by atoms with van der Waals surface area (Å²) in [5, 5.41) is 11.8. The second-order valence-electron chi connectivity index (χ2n) is 4.63. The van der Waals surface area contributed by atoms with E-state index in [0.717, 1.165) is 12.8 Å². The van der Waals surface area contributed by atoms with Crippen molar-refractivity contribution in [3.05, 3.63) is 23.7 Å². The van der Waals surface area contributed by atoms with Crippen LogP contribution in [0.5, 0.6) is 0 Å². The fourth-order valence-electron chi connectivity index (χ4n) is 1.91. The number of carboxylic acids is 1. The third kappa shape index (κ3) is 2.05. The zero-order valence-electron chi connectivity index (χ0n) is 9.82. The molecule has 1 atom stereocenters. The number of amides is 1. The highest BCUT2D eigenvalue weighted by Crippen LogP contribution is 2.39. The van der Waals surface area contributed by atoms with Crippen LogP contribution in [0.4, 0.5) is 0 Å². The third-order valence-corrected chi connectivity index (χ3v) is 3.31. The van der Waals surface area contributed by atoms with E-state index < -0.39 is 17.4 Å². The molecule has 1 saturated carbocycles. The van der Waals surface area contributed by atoms with Gasteiger partial charge < -0.3 is 14.8 Å². The summed E-state index contributed by atoms with van der Waals surface area (Å²) in [6.07, 6.45) is 3.10. The number of nitrogens with one attached hydrogen (secondary N) is 1. The predicted octanol–water partition coefficient (Wildman–Crippen LogP) is 1.57. The lowest BCUT2D eigenvalue weighted by Gasteiger charge is -2.25. The molecule has 0 aromatic carbocycles. The van der Waals surface area contributed by atoms with Crippen LogP contribution >= 0.6 is 0 Å². The molecule has 1 unspecified atom stereocenters. The van der Waals surface area contributed by atoms with E-state index in [0.29, 0.717) is 11.3 Å². The van der Waals surface area contributed by atoms with Crippen molar-refractivity contribution in [3.8, 4) is 0 Å². The number of hydrogen-bond acceptors (Lipinski definition) is 3. The molecule has 0 saturated heterocycles. The summed E-state index contributed by atoms with van der Waals surface area (Å²) >= 11 is 0. The van der Waals surface area contributed by atoms with Crippen molar-refractivity contribution < 1.29 is 19.1 Å². The number of aliphatic carboxylic acids is 1. The van der Waals surface area contributed by atoms with Crippen molar-refractivity contribution in [2.75, 3.05) is 0 Å². The maximum atomic E-state index is 11.9. The number of carbonyl (C=O) groups excluding carboxylic acids is 1. The maximum absolute atomic E-state index is 11.9. The van der Waals surface area contributed by atoms with E-state index in [1.807, 2.05) is 0 Å². The lowest BCUT2D eigenvalue weighted by molar-refractivity contribution is -0.144. The van der Waals surface area contributed by atoms with E-state index in [2.05, 4.69) is 5.32 Å². The highest BCUT2D eigenvalue weighted by atomic mass is 16.4. The molecule has 5 nitrogen and oxygen atoms in total. The van der Waals surface area contributed by atoms with Crippen molar-refractivity contribution in [2.24, 2.45) is 5.92 Å². The van der Waals surface area contributed by atoms with Crippen molar-refractivity contribution in [1.82, 2.24) is 5.32 Å². The summed E-state index contributed by atoms with van der Waals surface area (Å²) in [7, 11) is 0. The molecule has 1 aliphatic rings. The molecule has 0 spiro atoms. The first-order valence-corrected chi connectivity index (χ1v) is 5.55. The standard InChI is InChI=1S/C12H15NO4/c1-7-9(5-6-17-7)10(14)13-12(2,11(15)16)8-3-4-8/h5-6,8H,3-4H2,1-2H3,(H,13,14)(H,15,16).